The van der Waals surface area contributed by atoms with Gasteiger partial charge in [0.05, 0.1) is 10.5 Å². The zero-order valence-corrected chi connectivity index (χ0v) is 13.2. The van der Waals surface area contributed by atoms with E-state index in [1.165, 1.54) is 10.4 Å². The lowest BCUT2D eigenvalue weighted by Crippen LogP contribution is -2.45. The summed E-state index contributed by atoms with van der Waals surface area (Å²) in [6.45, 7) is 6.51. The molecule has 0 aromatic carbocycles. The molecule has 0 amide bonds. The second-order valence-electron chi connectivity index (χ2n) is 5.28. The average molecular weight is 311 g/mol. The van der Waals surface area contributed by atoms with E-state index in [4.69, 9.17) is 11.6 Å². The summed E-state index contributed by atoms with van der Waals surface area (Å²) < 4.78 is 2.75. The van der Waals surface area contributed by atoms with Crippen molar-refractivity contribution in [1.82, 2.24) is 19.6 Å². The Balaban J connectivity index is 1.47. The molecule has 0 unspecified atom stereocenters. The second-order valence-corrected chi connectivity index (χ2v) is 7.08. The number of aromatic nitrogens is 2. The van der Waals surface area contributed by atoms with E-state index in [0.29, 0.717) is 0 Å². The highest BCUT2D eigenvalue weighted by Gasteiger charge is 2.17. The summed E-state index contributed by atoms with van der Waals surface area (Å²) in [5, 5.41) is 4.22. The van der Waals surface area contributed by atoms with Gasteiger partial charge >= 0.3 is 0 Å². The van der Waals surface area contributed by atoms with Crippen LogP contribution in [-0.2, 0) is 20.1 Å². The first-order chi connectivity index (χ1) is 9.69. The van der Waals surface area contributed by atoms with Crippen molar-refractivity contribution in [2.45, 2.75) is 13.1 Å². The van der Waals surface area contributed by atoms with Gasteiger partial charge in [-0.2, -0.15) is 5.10 Å². The zero-order valence-electron chi connectivity index (χ0n) is 11.6. The van der Waals surface area contributed by atoms with Crippen LogP contribution in [0, 0.1) is 0 Å². The third-order valence-corrected chi connectivity index (χ3v) is 4.85. The fourth-order valence-corrected chi connectivity index (χ4v) is 3.70. The van der Waals surface area contributed by atoms with Gasteiger partial charge in [0.1, 0.15) is 0 Å². The molecule has 108 valence electrons. The highest BCUT2D eigenvalue weighted by Crippen LogP contribution is 2.23. The van der Waals surface area contributed by atoms with Gasteiger partial charge < -0.3 is 0 Å². The van der Waals surface area contributed by atoms with E-state index in [1.54, 1.807) is 11.3 Å². The molecule has 1 saturated heterocycles. The van der Waals surface area contributed by atoms with Crippen LogP contribution in [0.1, 0.15) is 10.4 Å². The Morgan fingerprint density at radius 1 is 1.15 bits per heavy atom. The van der Waals surface area contributed by atoms with E-state index in [-0.39, 0.29) is 0 Å². The molecule has 0 aliphatic carbocycles. The van der Waals surface area contributed by atoms with Gasteiger partial charge in [-0.1, -0.05) is 11.6 Å². The Morgan fingerprint density at radius 2 is 1.85 bits per heavy atom. The van der Waals surface area contributed by atoms with Crippen molar-refractivity contribution in [2.24, 2.45) is 7.05 Å². The molecule has 2 aromatic rings. The number of hydrogen-bond acceptors (Lipinski definition) is 4. The van der Waals surface area contributed by atoms with Gasteiger partial charge in [0.25, 0.3) is 0 Å². The second kappa shape index (κ2) is 6.26. The van der Waals surface area contributed by atoms with E-state index in [9.17, 15) is 0 Å². The number of nitrogens with zero attached hydrogens (tertiary/aromatic N) is 4. The van der Waals surface area contributed by atoms with Gasteiger partial charge in [-0.3, -0.25) is 14.5 Å². The van der Waals surface area contributed by atoms with Crippen LogP contribution in [0.3, 0.4) is 0 Å². The van der Waals surface area contributed by atoms with Gasteiger partial charge in [-0.25, -0.2) is 0 Å². The Kier molecular flexibility index (Phi) is 4.41. The lowest BCUT2D eigenvalue weighted by molar-refractivity contribution is 0.123. The maximum Gasteiger partial charge on any atom is 0.0931 e. The van der Waals surface area contributed by atoms with Crippen LogP contribution in [0.2, 0.25) is 4.34 Å². The third-order valence-electron chi connectivity index (χ3n) is 3.64. The van der Waals surface area contributed by atoms with Crippen molar-refractivity contribution >= 4 is 22.9 Å². The predicted molar refractivity (Wildman–Crippen MR) is 83.1 cm³/mol. The Morgan fingerprint density at radius 3 is 2.40 bits per heavy atom. The van der Waals surface area contributed by atoms with E-state index in [2.05, 4.69) is 27.2 Å². The van der Waals surface area contributed by atoms with Crippen LogP contribution < -0.4 is 0 Å². The molecular formula is C14H19ClN4S. The minimum Gasteiger partial charge on any atom is -0.296 e. The third kappa shape index (κ3) is 3.61. The summed E-state index contributed by atoms with van der Waals surface area (Å²) in [5.74, 6) is 0. The molecule has 0 radical (unpaired) electrons. The van der Waals surface area contributed by atoms with E-state index in [0.717, 1.165) is 43.6 Å². The van der Waals surface area contributed by atoms with Crippen molar-refractivity contribution in [3.05, 3.63) is 39.3 Å². The monoisotopic (exact) mass is 310 g/mol. The van der Waals surface area contributed by atoms with Crippen molar-refractivity contribution < 1.29 is 0 Å². The number of piperazine rings is 1. The molecule has 0 N–H and O–H groups in total. The van der Waals surface area contributed by atoms with Crippen LogP contribution in [0.4, 0.5) is 0 Å². The molecule has 3 heterocycles. The first kappa shape index (κ1) is 14.1. The molecule has 20 heavy (non-hydrogen) atoms. The highest BCUT2D eigenvalue weighted by molar-refractivity contribution is 7.16. The van der Waals surface area contributed by atoms with Crippen LogP contribution in [0.15, 0.2) is 24.5 Å². The van der Waals surface area contributed by atoms with Crippen molar-refractivity contribution in [1.29, 1.82) is 0 Å². The highest BCUT2D eigenvalue weighted by atomic mass is 35.5. The first-order valence-corrected chi connectivity index (χ1v) is 8.05. The summed E-state index contributed by atoms with van der Waals surface area (Å²) in [5.41, 5.74) is 1.30. The van der Waals surface area contributed by atoms with Crippen LogP contribution in [0.25, 0.3) is 0 Å². The molecule has 0 atom stereocenters. The molecular weight excluding hydrogens is 292 g/mol. The molecule has 3 rings (SSSR count). The van der Waals surface area contributed by atoms with Crippen molar-refractivity contribution in [2.75, 3.05) is 26.2 Å². The maximum absolute atomic E-state index is 5.98. The zero-order chi connectivity index (χ0) is 13.9. The summed E-state index contributed by atoms with van der Waals surface area (Å²) in [7, 11) is 1.97. The van der Waals surface area contributed by atoms with Crippen LogP contribution >= 0.6 is 22.9 Å². The van der Waals surface area contributed by atoms with Gasteiger partial charge in [-0.05, 0) is 12.1 Å². The number of aryl methyl sites for hydroxylation is 1. The van der Waals surface area contributed by atoms with Crippen molar-refractivity contribution in [3.63, 3.8) is 0 Å². The molecule has 0 saturated carbocycles. The van der Waals surface area contributed by atoms with Crippen LogP contribution in [0.5, 0.6) is 0 Å². The predicted octanol–water partition coefficient (Wildman–Crippen LogP) is 2.45. The standard InChI is InChI=1S/C14H19ClN4S/c1-17-9-12(8-16-17)10-18-4-6-19(7-5-18)11-13-2-3-14(15)20-13/h2-3,8-9H,4-7,10-11H2,1H3. The minimum absolute atomic E-state index is 0.884. The summed E-state index contributed by atoms with van der Waals surface area (Å²) in [4.78, 5) is 6.35. The summed E-state index contributed by atoms with van der Waals surface area (Å²) in [6.07, 6.45) is 4.06. The van der Waals surface area contributed by atoms with Gasteiger partial charge in [0.2, 0.25) is 0 Å². The largest absolute Gasteiger partial charge is 0.296 e. The van der Waals surface area contributed by atoms with E-state index >= 15 is 0 Å². The molecule has 1 fully saturated rings. The average Bonchev–Trinajstić information content (AvgIpc) is 3.01. The van der Waals surface area contributed by atoms with Gasteiger partial charge in [-0.15, -0.1) is 11.3 Å². The fourth-order valence-electron chi connectivity index (χ4n) is 2.57. The fraction of sp³-hybridized carbons (Fsp3) is 0.500. The van der Waals surface area contributed by atoms with Gasteiger partial charge in [0, 0.05) is 63.0 Å². The van der Waals surface area contributed by atoms with Crippen molar-refractivity contribution in [3.8, 4) is 0 Å². The number of hydrogen-bond donors (Lipinski definition) is 0. The van der Waals surface area contributed by atoms with E-state index < -0.39 is 0 Å². The number of rotatable bonds is 4. The maximum atomic E-state index is 5.98. The SMILES string of the molecule is Cn1cc(CN2CCN(Cc3ccc(Cl)s3)CC2)cn1. The van der Waals surface area contributed by atoms with E-state index in [1.807, 2.05) is 24.0 Å². The smallest absolute Gasteiger partial charge is 0.0931 e. The Labute approximate surface area is 128 Å². The van der Waals surface area contributed by atoms with Crippen LogP contribution in [-0.4, -0.2) is 45.8 Å². The summed E-state index contributed by atoms with van der Waals surface area (Å²) in [6, 6.07) is 4.12. The first-order valence-electron chi connectivity index (χ1n) is 6.85. The Bertz CT molecular complexity index is 507. The topological polar surface area (TPSA) is 24.3 Å². The number of halogens is 1. The molecule has 0 bridgehead atoms. The molecule has 1 aliphatic rings. The molecule has 2 aromatic heterocycles. The Hall–Kier alpha value is -0.880. The summed E-state index contributed by atoms with van der Waals surface area (Å²) >= 11 is 7.66. The van der Waals surface area contributed by atoms with Gasteiger partial charge in [0.15, 0.2) is 0 Å². The quantitative estimate of drug-likeness (QED) is 0.867. The lowest BCUT2D eigenvalue weighted by Gasteiger charge is -2.34. The molecule has 6 heteroatoms. The lowest BCUT2D eigenvalue weighted by atomic mass is 10.2. The molecule has 1 aliphatic heterocycles. The number of thiophene rings is 1. The molecule has 4 nitrogen and oxygen atoms in total. The minimum atomic E-state index is 0.884. The normalized spacial score (nSPS) is 17.7. The molecule has 0 spiro atoms.